The quantitative estimate of drug-likeness (QED) is 0.0724. The van der Waals surface area contributed by atoms with E-state index in [2.05, 4.69) is 27.4 Å². The molecular weight excluding hydrogens is 881 g/mol. The van der Waals surface area contributed by atoms with E-state index in [0.717, 1.165) is 18.3 Å². The summed E-state index contributed by atoms with van der Waals surface area (Å²) in [7, 11) is 0. The highest BCUT2D eigenvalue weighted by molar-refractivity contribution is 5.78. The standard InChI is InChI=1S/C48H76O19/c1-20(2)22-8-13-48(15-14-46(6)23(29(22)48)16-24(51)39-44(4)11-10-28(52)45(5,19-50)27(44)9-12-47(39,46)7)43(61)67-42-36(59)33(56)31(54)26(65-42)18-62-40-37(60)34(57)38(25(17-49)64-40)66-41-35(58)32(55)30(53)21(3)63-41/h19,21-42,49,51-60H,1,8-18H2,2-7H3/t21-,22-,23+,24+,25+,26+,27+,28+,29-,30-,31+,32+,33-,34+,35+,36+,37+,38+,39+,40+,41-,42-,44-,45-,46+,47+,48-/m0/s1. The van der Waals surface area contributed by atoms with Gasteiger partial charge in [-0.2, -0.15) is 0 Å². The first kappa shape index (κ1) is 51.6. The highest BCUT2D eigenvalue weighted by Gasteiger charge is 2.74. The molecule has 8 aliphatic rings. The van der Waals surface area contributed by atoms with Gasteiger partial charge >= 0.3 is 5.97 Å². The Labute approximate surface area is 391 Å². The fourth-order valence-electron chi connectivity index (χ4n) is 15.7. The zero-order valence-corrected chi connectivity index (χ0v) is 39.4. The number of aliphatic hydroxyl groups is 11. The average Bonchev–Trinajstić information content (AvgIpc) is 3.70. The van der Waals surface area contributed by atoms with Crippen molar-refractivity contribution in [3.05, 3.63) is 12.2 Å². The molecule has 0 aromatic heterocycles. The van der Waals surface area contributed by atoms with Crippen molar-refractivity contribution >= 4 is 12.3 Å². The number of aldehydes is 1. The van der Waals surface area contributed by atoms with Gasteiger partial charge in [0.1, 0.15) is 73.4 Å². The molecule has 3 aliphatic heterocycles. The average molecular weight is 957 g/mol. The van der Waals surface area contributed by atoms with E-state index in [1.54, 1.807) is 0 Å². The molecule has 11 N–H and O–H groups in total. The summed E-state index contributed by atoms with van der Waals surface area (Å²) in [5, 5.41) is 120. The Morgan fingerprint density at radius 2 is 1.36 bits per heavy atom. The first-order valence-electron chi connectivity index (χ1n) is 24.3. The molecule has 0 bridgehead atoms. The third kappa shape index (κ3) is 7.83. The minimum Gasteiger partial charge on any atom is -0.432 e. The van der Waals surface area contributed by atoms with Crippen molar-refractivity contribution < 1.29 is 94.2 Å². The van der Waals surface area contributed by atoms with Crippen LogP contribution >= 0.6 is 0 Å². The molecule has 27 atom stereocenters. The monoisotopic (exact) mass is 956 g/mol. The number of fused-ring (bicyclic) bond motifs is 7. The third-order valence-corrected chi connectivity index (χ3v) is 19.6. The molecule has 0 aromatic rings. The van der Waals surface area contributed by atoms with E-state index in [-0.39, 0.29) is 35.0 Å². The molecule has 8 fully saturated rings. The van der Waals surface area contributed by atoms with E-state index >= 15 is 0 Å². The van der Waals surface area contributed by atoms with Crippen LogP contribution in [0.1, 0.15) is 99.3 Å². The van der Waals surface area contributed by atoms with E-state index in [1.807, 2.05) is 13.8 Å². The Balaban J connectivity index is 0.979. The second kappa shape index (κ2) is 18.4. The lowest BCUT2D eigenvalue weighted by molar-refractivity contribution is -0.361. The molecule has 0 spiro atoms. The summed E-state index contributed by atoms with van der Waals surface area (Å²) in [4.78, 5) is 27.7. The maximum absolute atomic E-state index is 15.0. The van der Waals surface area contributed by atoms with E-state index in [1.165, 1.54) is 6.92 Å². The second-order valence-electron chi connectivity index (χ2n) is 22.8. The Hall–Kier alpha value is -1.76. The maximum atomic E-state index is 15.0. The molecular formula is C48H76O19. The molecule has 19 heteroatoms. The molecule has 3 heterocycles. The molecule has 3 saturated heterocycles. The van der Waals surface area contributed by atoms with Crippen molar-refractivity contribution in [3.8, 4) is 0 Å². The number of aliphatic hydroxyl groups excluding tert-OH is 11. The number of carbonyl (C=O) groups excluding carboxylic acids is 2. The van der Waals surface area contributed by atoms with Crippen LogP contribution in [0.4, 0.5) is 0 Å². The highest BCUT2D eigenvalue weighted by Crippen LogP contribution is 2.77. The summed E-state index contributed by atoms with van der Waals surface area (Å²) < 4.78 is 34.6. The van der Waals surface area contributed by atoms with Gasteiger partial charge in [0, 0.05) is 0 Å². The van der Waals surface area contributed by atoms with Crippen molar-refractivity contribution in [1.29, 1.82) is 0 Å². The first-order valence-corrected chi connectivity index (χ1v) is 24.3. The largest absolute Gasteiger partial charge is 0.432 e. The number of carbonyl (C=O) groups is 2. The molecule has 19 nitrogen and oxygen atoms in total. The van der Waals surface area contributed by atoms with Gasteiger partial charge in [0.15, 0.2) is 12.6 Å². The summed E-state index contributed by atoms with van der Waals surface area (Å²) in [5.74, 6) is -1.49. The topological polar surface area (TPSA) is 312 Å². The summed E-state index contributed by atoms with van der Waals surface area (Å²) in [6.07, 6.45) is -20.0. The van der Waals surface area contributed by atoms with Gasteiger partial charge in [0.2, 0.25) is 6.29 Å². The first-order chi connectivity index (χ1) is 31.4. The summed E-state index contributed by atoms with van der Waals surface area (Å²) >= 11 is 0. The predicted molar refractivity (Wildman–Crippen MR) is 230 cm³/mol. The summed E-state index contributed by atoms with van der Waals surface area (Å²) in [5.41, 5.74) is -2.28. The molecule has 382 valence electrons. The number of rotatable bonds is 10. The number of hydrogen-bond donors (Lipinski definition) is 11. The van der Waals surface area contributed by atoms with E-state index in [0.29, 0.717) is 51.4 Å². The van der Waals surface area contributed by atoms with Crippen LogP contribution in [0.5, 0.6) is 0 Å². The number of hydrogen-bond acceptors (Lipinski definition) is 19. The van der Waals surface area contributed by atoms with Gasteiger partial charge in [0.25, 0.3) is 0 Å². The molecule has 0 aromatic carbocycles. The molecule has 0 radical (unpaired) electrons. The molecule has 5 saturated carbocycles. The molecule has 67 heavy (non-hydrogen) atoms. The van der Waals surface area contributed by atoms with Crippen LogP contribution in [0.25, 0.3) is 0 Å². The van der Waals surface area contributed by atoms with Crippen LogP contribution in [-0.2, 0) is 38.0 Å². The fourth-order valence-corrected chi connectivity index (χ4v) is 15.7. The van der Waals surface area contributed by atoms with E-state index in [4.69, 9.17) is 28.4 Å². The number of allylic oxidation sites excluding steroid dienone is 1. The second-order valence-corrected chi connectivity index (χ2v) is 22.8. The van der Waals surface area contributed by atoms with Gasteiger partial charge in [-0.15, -0.1) is 0 Å². The molecule has 8 rings (SSSR count). The van der Waals surface area contributed by atoms with Gasteiger partial charge in [0.05, 0.1) is 42.4 Å². The summed E-state index contributed by atoms with van der Waals surface area (Å²) in [6.45, 7) is 14.9. The number of esters is 1. The Kier molecular flexibility index (Phi) is 14.1. The maximum Gasteiger partial charge on any atom is 0.314 e. The normalized spacial score (nSPS) is 56.4. The van der Waals surface area contributed by atoms with Crippen LogP contribution in [0.2, 0.25) is 0 Å². The highest BCUT2D eigenvalue weighted by atomic mass is 16.8. The van der Waals surface area contributed by atoms with Gasteiger partial charge in [-0.05, 0) is 117 Å². The Bertz CT molecular complexity index is 1840. The SMILES string of the molecule is C=C(C)[C@@H]1CC[C@]2(C(=O)O[C@@H]3O[C@H](CO[C@@H]4O[C@H](CO)[C@@H](O[C@@H]5O[C@@H](C)[C@H](O)[C@@H](O)[C@H]5O)[C@H](O)[C@H]4O)[C@@H](O)[C@H](O)[C@H]3O)CC[C@]3(C)[C@H](C[C@@H](O)[C@@H]4[C@@]5(C)CC[C@@H](O)[C@@](C)(C=O)[C@@H]5CC[C@]43C)[C@H]12. The minimum absolute atomic E-state index is 0.0984. The minimum atomic E-state index is -1.89. The molecule has 0 unspecified atom stereocenters. The van der Waals surface area contributed by atoms with E-state index < -0.39 is 145 Å². The fraction of sp³-hybridized carbons (Fsp3) is 0.917. The summed E-state index contributed by atoms with van der Waals surface area (Å²) in [6, 6.07) is 0. The Morgan fingerprint density at radius 3 is 2.01 bits per heavy atom. The lowest BCUT2D eigenvalue weighted by Crippen LogP contribution is -2.70. The Morgan fingerprint density at radius 1 is 0.716 bits per heavy atom. The molecule has 5 aliphatic carbocycles. The van der Waals surface area contributed by atoms with Crippen molar-refractivity contribution in [2.24, 2.45) is 56.7 Å². The van der Waals surface area contributed by atoms with Crippen LogP contribution in [-0.4, -0.2) is 186 Å². The van der Waals surface area contributed by atoms with Gasteiger partial charge < -0.3 is 89.4 Å². The third-order valence-electron chi connectivity index (χ3n) is 19.6. The zero-order valence-electron chi connectivity index (χ0n) is 39.4. The lowest BCUT2D eigenvalue weighted by atomic mass is 9.31. The van der Waals surface area contributed by atoms with Crippen LogP contribution in [0, 0.1) is 56.7 Å². The smallest absolute Gasteiger partial charge is 0.314 e. The van der Waals surface area contributed by atoms with Crippen LogP contribution < -0.4 is 0 Å². The van der Waals surface area contributed by atoms with Crippen molar-refractivity contribution in [1.82, 2.24) is 0 Å². The number of ether oxygens (including phenoxy) is 6. The predicted octanol–water partition coefficient (Wildman–Crippen LogP) is -0.826. The van der Waals surface area contributed by atoms with Crippen LogP contribution in [0.15, 0.2) is 12.2 Å². The van der Waals surface area contributed by atoms with Gasteiger partial charge in [-0.25, -0.2) is 0 Å². The lowest BCUT2D eigenvalue weighted by Gasteiger charge is -2.73. The van der Waals surface area contributed by atoms with E-state index in [9.17, 15) is 65.8 Å². The van der Waals surface area contributed by atoms with Crippen LogP contribution in [0.3, 0.4) is 0 Å². The molecule has 0 amide bonds. The van der Waals surface area contributed by atoms with Crippen molar-refractivity contribution in [2.75, 3.05) is 13.2 Å². The zero-order chi connectivity index (χ0) is 49.1. The van der Waals surface area contributed by atoms with Gasteiger partial charge in [-0.1, -0.05) is 39.8 Å². The van der Waals surface area contributed by atoms with Gasteiger partial charge in [-0.3, -0.25) is 4.79 Å². The van der Waals surface area contributed by atoms with Crippen molar-refractivity contribution in [3.63, 3.8) is 0 Å². The van der Waals surface area contributed by atoms with Crippen molar-refractivity contribution in [2.45, 2.75) is 204 Å².